The molecule has 1 aliphatic rings. The first kappa shape index (κ1) is 12.2. The zero-order chi connectivity index (χ0) is 13.1. The fraction of sp³-hybridized carbons (Fsp3) is 0.312. The Hall–Kier alpha value is -1.87. The lowest BCUT2D eigenvalue weighted by molar-refractivity contribution is 0.397. The van der Waals surface area contributed by atoms with Crippen LogP contribution in [0.1, 0.15) is 29.2 Å². The molecule has 0 amide bonds. The first-order valence-electron chi connectivity index (χ1n) is 6.67. The predicted molar refractivity (Wildman–Crippen MR) is 75.1 cm³/mol. The summed E-state index contributed by atoms with van der Waals surface area (Å²) in [5, 5.41) is 3.61. The topological polar surface area (TPSA) is 34.1 Å². The van der Waals surface area contributed by atoms with E-state index in [-0.39, 0.29) is 0 Å². The van der Waals surface area contributed by atoms with Gasteiger partial charge in [-0.1, -0.05) is 30.3 Å². The third kappa shape index (κ3) is 2.61. The molecule has 1 N–H and O–H groups in total. The van der Waals surface area contributed by atoms with Gasteiger partial charge in [0.15, 0.2) is 0 Å². The van der Waals surface area contributed by atoms with Crippen molar-refractivity contribution < 1.29 is 4.74 Å². The largest absolute Gasteiger partial charge is 0.481 e. The monoisotopic (exact) mass is 254 g/mol. The van der Waals surface area contributed by atoms with Gasteiger partial charge in [0.1, 0.15) is 0 Å². The van der Waals surface area contributed by atoms with Gasteiger partial charge in [0.2, 0.25) is 5.88 Å². The normalized spacial score (nSPS) is 17.2. The second-order valence-corrected chi connectivity index (χ2v) is 4.88. The Morgan fingerprint density at radius 1 is 1.26 bits per heavy atom. The number of aryl methyl sites for hydroxylation is 1. The average Bonchev–Trinajstić information content (AvgIpc) is 2.89. The van der Waals surface area contributed by atoms with E-state index in [2.05, 4.69) is 40.6 Å². The summed E-state index contributed by atoms with van der Waals surface area (Å²) < 4.78 is 5.06. The lowest BCUT2D eigenvalue weighted by Crippen LogP contribution is -2.18. The van der Waals surface area contributed by atoms with Crippen molar-refractivity contribution in [3.63, 3.8) is 0 Å². The van der Waals surface area contributed by atoms with Crippen LogP contribution in [0.4, 0.5) is 0 Å². The Morgan fingerprint density at radius 3 is 2.95 bits per heavy atom. The van der Waals surface area contributed by atoms with Crippen molar-refractivity contribution in [2.75, 3.05) is 7.11 Å². The van der Waals surface area contributed by atoms with Crippen molar-refractivity contribution in [3.05, 3.63) is 59.3 Å². The van der Waals surface area contributed by atoms with Gasteiger partial charge in [-0.3, -0.25) is 0 Å². The molecular weight excluding hydrogens is 236 g/mol. The molecule has 3 rings (SSSR count). The summed E-state index contributed by atoms with van der Waals surface area (Å²) in [6.45, 7) is 0.843. The summed E-state index contributed by atoms with van der Waals surface area (Å²) in [5.74, 6) is 0.662. The lowest BCUT2D eigenvalue weighted by Gasteiger charge is -2.14. The number of aromatic nitrogens is 1. The van der Waals surface area contributed by atoms with Gasteiger partial charge >= 0.3 is 0 Å². The van der Waals surface area contributed by atoms with Crippen LogP contribution in [0.15, 0.2) is 42.6 Å². The van der Waals surface area contributed by atoms with Crippen LogP contribution < -0.4 is 10.1 Å². The van der Waals surface area contributed by atoms with E-state index in [4.69, 9.17) is 4.74 Å². The Labute approximate surface area is 113 Å². The number of pyridine rings is 1. The minimum absolute atomic E-state index is 0.471. The lowest BCUT2D eigenvalue weighted by atomic mass is 10.1. The molecule has 1 unspecified atom stereocenters. The zero-order valence-electron chi connectivity index (χ0n) is 11.1. The third-order valence-electron chi connectivity index (χ3n) is 3.69. The van der Waals surface area contributed by atoms with Crippen molar-refractivity contribution in [1.29, 1.82) is 0 Å². The van der Waals surface area contributed by atoms with Crippen LogP contribution in [-0.4, -0.2) is 12.1 Å². The number of hydrogen-bond donors (Lipinski definition) is 1. The van der Waals surface area contributed by atoms with Crippen molar-refractivity contribution in [1.82, 2.24) is 10.3 Å². The first-order valence-corrected chi connectivity index (χ1v) is 6.67. The van der Waals surface area contributed by atoms with Crippen LogP contribution in [0.25, 0.3) is 0 Å². The molecule has 0 radical (unpaired) electrons. The van der Waals surface area contributed by atoms with Gasteiger partial charge in [0.25, 0.3) is 0 Å². The standard InChI is InChI=1S/C16H18N2O/c1-19-16-9-6-12(11-18-16)10-17-15-8-7-13-4-2-3-5-14(13)15/h2-6,9,11,15,17H,7-8,10H2,1H3. The molecule has 19 heavy (non-hydrogen) atoms. The molecule has 0 aliphatic heterocycles. The molecule has 2 aromatic rings. The Bertz CT molecular complexity index is 551. The van der Waals surface area contributed by atoms with E-state index in [1.54, 1.807) is 7.11 Å². The molecule has 0 spiro atoms. The Morgan fingerprint density at radius 2 is 2.16 bits per heavy atom. The van der Waals surface area contributed by atoms with E-state index in [9.17, 15) is 0 Å². The van der Waals surface area contributed by atoms with Gasteiger partial charge in [0, 0.05) is 24.8 Å². The van der Waals surface area contributed by atoms with Gasteiger partial charge in [-0.15, -0.1) is 0 Å². The van der Waals surface area contributed by atoms with E-state index in [0.29, 0.717) is 11.9 Å². The molecule has 0 bridgehead atoms. The summed E-state index contributed by atoms with van der Waals surface area (Å²) >= 11 is 0. The molecule has 1 atom stereocenters. The van der Waals surface area contributed by atoms with Crippen molar-refractivity contribution in [2.45, 2.75) is 25.4 Å². The zero-order valence-corrected chi connectivity index (χ0v) is 11.1. The smallest absolute Gasteiger partial charge is 0.212 e. The molecule has 1 heterocycles. The molecule has 0 fully saturated rings. The van der Waals surface area contributed by atoms with E-state index < -0.39 is 0 Å². The highest BCUT2D eigenvalue weighted by Crippen LogP contribution is 2.30. The predicted octanol–water partition coefficient (Wildman–Crippen LogP) is 2.87. The minimum atomic E-state index is 0.471. The van der Waals surface area contributed by atoms with Gasteiger partial charge in [-0.25, -0.2) is 4.98 Å². The SMILES string of the molecule is COc1ccc(CNC2CCc3ccccc32)cn1. The molecule has 98 valence electrons. The highest BCUT2D eigenvalue weighted by atomic mass is 16.5. The third-order valence-corrected chi connectivity index (χ3v) is 3.69. The molecular formula is C16H18N2O. The van der Waals surface area contributed by atoms with Gasteiger partial charge in [-0.05, 0) is 29.5 Å². The van der Waals surface area contributed by atoms with Crippen molar-refractivity contribution >= 4 is 0 Å². The minimum Gasteiger partial charge on any atom is -0.481 e. The number of methoxy groups -OCH3 is 1. The highest BCUT2D eigenvalue weighted by molar-refractivity contribution is 5.34. The fourth-order valence-corrected chi connectivity index (χ4v) is 2.65. The second kappa shape index (κ2) is 5.41. The number of nitrogens with zero attached hydrogens (tertiary/aromatic N) is 1. The number of hydrogen-bond acceptors (Lipinski definition) is 3. The van der Waals surface area contributed by atoms with Crippen molar-refractivity contribution in [2.24, 2.45) is 0 Å². The van der Waals surface area contributed by atoms with Gasteiger partial charge in [-0.2, -0.15) is 0 Å². The molecule has 1 aromatic heterocycles. The van der Waals surface area contributed by atoms with Gasteiger partial charge < -0.3 is 10.1 Å². The highest BCUT2D eigenvalue weighted by Gasteiger charge is 2.20. The maximum Gasteiger partial charge on any atom is 0.212 e. The van der Waals surface area contributed by atoms with Crippen LogP contribution >= 0.6 is 0 Å². The number of fused-ring (bicyclic) bond motifs is 1. The quantitative estimate of drug-likeness (QED) is 0.911. The van der Waals surface area contributed by atoms with Crippen LogP contribution in [0.3, 0.4) is 0 Å². The second-order valence-electron chi connectivity index (χ2n) is 4.88. The molecule has 0 saturated heterocycles. The molecule has 3 nitrogen and oxygen atoms in total. The van der Waals surface area contributed by atoms with E-state index >= 15 is 0 Å². The van der Waals surface area contributed by atoms with Crippen LogP contribution in [0, 0.1) is 0 Å². The summed E-state index contributed by atoms with van der Waals surface area (Å²) in [6.07, 6.45) is 4.23. The van der Waals surface area contributed by atoms with Crippen LogP contribution in [0.2, 0.25) is 0 Å². The van der Waals surface area contributed by atoms with E-state index in [1.165, 1.54) is 29.5 Å². The molecule has 1 aliphatic carbocycles. The molecule has 3 heteroatoms. The van der Waals surface area contributed by atoms with E-state index in [1.807, 2.05) is 12.3 Å². The maximum atomic E-state index is 5.06. The fourth-order valence-electron chi connectivity index (χ4n) is 2.65. The molecule has 0 saturated carbocycles. The Kier molecular flexibility index (Phi) is 3.47. The van der Waals surface area contributed by atoms with Crippen LogP contribution in [0.5, 0.6) is 5.88 Å². The summed E-state index contributed by atoms with van der Waals surface area (Å²) in [4.78, 5) is 4.22. The summed E-state index contributed by atoms with van der Waals surface area (Å²) in [6, 6.07) is 13.1. The van der Waals surface area contributed by atoms with Crippen molar-refractivity contribution in [3.8, 4) is 5.88 Å². The van der Waals surface area contributed by atoms with E-state index in [0.717, 1.165) is 6.54 Å². The number of rotatable bonds is 4. The first-order chi connectivity index (χ1) is 9.36. The van der Waals surface area contributed by atoms with Crippen LogP contribution in [-0.2, 0) is 13.0 Å². The summed E-state index contributed by atoms with van der Waals surface area (Å²) in [7, 11) is 1.63. The number of benzene rings is 1. The van der Waals surface area contributed by atoms with Gasteiger partial charge in [0.05, 0.1) is 7.11 Å². The summed E-state index contributed by atoms with van der Waals surface area (Å²) in [5.41, 5.74) is 4.11. The Balaban J connectivity index is 1.64. The number of ether oxygens (including phenoxy) is 1. The maximum absolute atomic E-state index is 5.06. The molecule has 1 aromatic carbocycles. The average molecular weight is 254 g/mol. The number of nitrogens with one attached hydrogen (secondary N) is 1.